The minimum atomic E-state index is -0.344. The van der Waals surface area contributed by atoms with Crippen LogP contribution in [0, 0.1) is 17.3 Å². The highest BCUT2D eigenvalue weighted by Gasteiger charge is 2.32. The molecule has 0 aliphatic heterocycles. The molecule has 1 rings (SSSR count). The van der Waals surface area contributed by atoms with Gasteiger partial charge in [-0.25, -0.2) is 4.79 Å². The average molecular weight is 254 g/mol. The highest BCUT2D eigenvalue weighted by atomic mass is 16.5. The molecule has 0 spiro atoms. The zero-order chi connectivity index (χ0) is 13.8. The fourth-order valence-electron chi connectivity index (χ4n) is 2.71. The van der Waals surface area contributed by atoms with Gasteiger partial charge in [-0.1, -0.05) is 27.4 Å². The van der Waals surface area contributed by atoms with Crippen LogP contribution in [0.5, 0.6) is 0 Å². The molecular weight excluding hydrogens is 228 g/mol. The molecule has 1 saturated carbocycles. The molecule has 18 heavy (non-hydrogen) atoms. The first-order chi connectivity index (χ1) is 8.36. The second kappa shape index (κ2) is 6.37. The molecule has 104 valence electrons. The van der Waals surface area contributed by atoms with Crippen molar-refractivity contribution < 1.29 is 14.6 Å². The zero-order valence-electron chi connectivity index (χ0n) is 11.9. The van der Waals surface area contributed by atoms with Crippen molar-refractivity contribution in [3.8, 4) is 0 Å². The van der Waals surface area contributed by atoms with E-state index in [0.717, 1.165) is 31.6 Å². The van der Waals surface area contributed by atoms with Crippen molar-refractivity contribution >= 4 is 5.97 Å². The van der Waals surface area contributed by atoms with Crippen LogP contribution in [-0.2, 0) is 9.53 Å². The van der Waals surface area contributed by atoms with Gasteiger partial charge in [0.15, 0.2) is 0 Å². The standard InChI is InChI=1S/C15H26O3/c1-11(14(17)18-10-9-16)12-5-7-13(8-6-12)15(2,3)4/h12-13,16H,1,5-10H2,2-4H3. The van der Waals surface area contributed by atoms with Crippen LogP contribution < -0.4 is 0 Å². The molecule has 0 aromatic rings. The monoisotopic (exact) mass is 254 g/mol. The SMILES string of the molecule is C=C(C(=O)OCCO)C1CCC(C(C)(C)C)CC1. The van der Waals surface area contributed by atoms with Gasteiger partial charge in [-0.3, -0.25) is 0 Å². The highest BCUT2D eigenvalue weighted by molar-refractivity contribution is 5.88. The maximum Gasteiger partial charge on any atom is 0.333 e. The van der Waals surface area contributed by atoms with Crippen molar-refractivity contribution in [2.75, 3.05) is 13.2 Å². The molecule has 0 bridgehead atoms. The van der Waals surface area contributed by atoms with Gasteiger partial charge >= 0.3 is 5.97 Å². The van der Waals surface area contributed by atoms with Gasteiger partial charge in [0.1, 0.15) is 6.61 Å². The van der Waals surface area contributed by atoms with E-state index in [1.54, 1.807) is 0 Å². The zero-order valence-corrected chi connectivity index (χ0v) is 11.9. The number of rotatable bonds is 4. The van der Waals surface area contributed by atoms with Crippen molar-refractivity contribution in [1.29, 1.82) is 0 Å². The lowest BCUT2D eigenvalue weighted by Gasteiger charge is -2.37. The van der Waals surface area contributed by atoms with Gasteiger partial charge < -0.3 is 9.84 Å². The largest absolute Gasteiger partial charge is 0.460 e. The summed E-state index contributed by atoms with van der Waals surface area (Å²) in [4.78, 5) is 11.6. The molecule has 1 aliphatic rings. The summed E-state index contributed by atoms with van der Waals surface area (Å²) in [5.74, 6) is 0.646. The van der Waals surface area contributed by atoms with Crippen molar-refractivity contribution in [1.82, 2.24) is 0 Å². The van der Waals surface area contributed by atoms with Crippen LogP contribution in [0.15, 0.2) is 12.2 Å². The minimum Gasteiger partial charge on any atom is -0.460 e. The van der Waals surface area contributed by atoms with Crippen LogP contribution in [0.4, 0.5) is 0 Å². The average Bonchev–Trinajstić information content (AvgIpc) is 2.34. The van der Waals surface area contributed by atoms with E-state index < -0.39 is 0 Å². The van der Waals surface area contributed by atoms with Gasteiger partial charge in [0.2, 0.25) is 0 Å². The molecule has 0 aromatic carbocycles. The number of esters is 1. The van der Waals surface area contributed by atoms with Crippen LogP contribution in [0.1, 0.15) is 46.5 Å². The van der Waals surface area contributed by atoms with Gasteiger partial charge in [0, 0.05) is 5.57 Å². The first-order valence-corrected chi connectivity index (χ1v) is 6.83. The summed E-state index contributed by atoms with van der Waals surface area (Å²) in [7, 11) is 0. The van der Waals surface area contributed by atoms with Gasteiger partial charge in [0.25, 0.3) is 0 Å². The summed E-state index contributed by atoms with van der Waals surface area (Å²) in [6.45, 7) is 10.6. The van der Waals surface area contributed by atoms with E-state index >= 15 is 0 Å². The molecule has 3 nitrogen and oxygen atoms in total. The number of aliphatic hydroxyl groups is 1. The fraction of sp³-hybridized carbons (Fsp3) is 0.800. The molecule has 0 radical (unpaired) electrons. The Bertz CT molecular complexity index is 293. The van der Waals surface area contributed by atoms with E-state index in [0.29, 0.717) is 11.0 Å². The van der Waals surface area contributed by atoms with E-state index in [9.17, 15) is 4.79 Å². The summed E-state index contributed by atoms with van der Waals surface area (Å²) >= 11 is 0. The molecule has 0 aromatic heterocycles. The van der Waals surface area contributed by atoms with E-state index in [2.05, 4.69) is 27.4 Å². The lowest BCUT2D eigenvalue weighted by atomic mass is 9.68. The van der Waals surface area contributed by atoms with Crippen LogP contribution >= 0.6 is 0 Å². The Morgan fingerprint density at radius 1 is 1.28 bits per heavy atom. The lowest BCUT2D eigenvalue weighted by molar-refractivity contribution is -0.140. The van der Waals surface area contributed by atoms with Gasteiger partial charge in [-0.05, 0) is 42.9 Å². The third-order valence-electron chi connectivity index (χ3n) is 4.03. The molecule has 1 N–H and O–H groups in total. The Hall–Kier alpha value is -0.830. The molecular formula is C15H26O3. The smallest absolute Gasteiger partial charge is 0.333 e. The van der Waals surface area contributed by atoms with Crippen LogP contribution in [0.3, 0.4) is 0 Å². The van der Waals surface area contributed by atoms with E-state index in [-0.39, 0.29) is 25.1 Å². The summed E-state index contributed by atoms with van der Waals surface area (Å²) in [5, 5.41) is 8.62. The second-order valence-electron chi connectivity index (χ2n) is 6.30. The van der Waals surface area contributed by atoms with Crippen molar-refractivity contribution in [3.63, 3.8) is 0 Å². The lowest BCUT2D eigenvalue weighted by Crippen LogP contribution is -2.28. The van der Waals surface area contributed by atoms with Crippen LogP contribution in [0.2, 0.25) is 0 Å². The maximum absolute atomic E-state index is 11.6. The quantitative estimate of drug-likeness (QED) is 0.620. The molecule has 0 heterocycles. The Morgan fingerprint density at radius 2 is 1.83 bits per heavy atom. The molecule has 0 unspecified atom stereocenters. The Labute approximate surface area is 110 Å². The van der Waals surface area contributed by atoms with Crippen molar-refractivity contribution in [2.24, 2.45) is 17.3 Å². The second-order valence-corrected chi connectivity index (χ2v) is 6.30. The minimum absolute atomic E-state index is 0.0647. The van der Waals surface area contributed by atoms with Crippen LogP contribution in [0.25, 0.3) is 0 Å². The number of ether oxygens (including phenoxy) is 1. The summed E-state index contributed by atoms with van der Waals surface area (Å²) in [6.07, 6.45) is 4.35. The van der Waals surface area contributed by atoms with Gasteiger partial charge in [-0.15, -0.1) is 0 Å². The summed E-state index contributed by atoms with van der Waals surface area (Å²) in [5.41, 5.74) is 0.930. The van der Waals surface area contributed by atoms with E-state index in [1.165, 1.54) is 0 Å². The molecule has 0 amide bonds. The predicted octanol–water partition coefficient (Wildman–Crippen LogP) is 2.93. The molecule has 1 fully saturated rings. The van der Waals surface area contributed by atoms with Crippen molar-refractivity contribution in [2.45, 2.75) is 46.5 Å². The van der Waals surface area contributed by atoms with Crippen LogP contribution in [-0.4, -0.2) is 24.3 Å². The maximum atomic E-state index is 11.6. The number of carbonyl (C=O) groups excluding carboxylic acids is 1. The Kier molecular flexibility index (Phi) is 5.39. The number of hydrogen-bond acceptors (Lipinski definition) is 3. The van der Waals surface area contributed by atoms with Gasteiger partial charge in [0.05, 0.1) is 6.61 Å². The number of aliphatic hydroxyl groups excluding tert-OH is 1. The predicted molar refractivity (Wildman–Crippen MR) is 72.1 cm³/mol. The first-order valence-electron chi connectivity index (χ1n) is 6.83. The van der Waals surface area contributed by atoms with E-state index in [4.69, 9.17) is 9.84 Å². The molecule has 0 atom stereocenters. The molecule has 3 heteroatoms. The Morgan fingerprint density at radius 3 is 2.28 bits per heavy atom. The number of carbonyl (C=O) groups is 1. The number of hydrogen-bond donors (Lipinski definition) is 1. The fourth-order valence-corrected chi connectivity index (χ4v) is 2.71. The normalized spacial score (nSPS) is 24.7. The topological polar surface area (TPSA) is 46.5 Å². The van der Waals surface area contributed by atoms with Crippen molar-refractivity contribution in [3.05, 3.63) is 12.2 Å². The third-order valence-corrected chi connectivity index (χ3v) is 4.03. The first kappa shape index (κ1) is 15.2. The van der Waals surface area contributed by atoms with Gasteiger partial charge in [-0.2, -0.15) is 0 Å². The summed E-state index contributed by atoms with van der Waals surface area (Å²) in [6, 6.07) is 0. The molecule has 0 saturated heterocycles. The highest BCUT2D eigenvalue weighted by Crippen LogP contribution is 2.41. The Balaban J connectivity index is 2.43. The summed E-state index contributed by atoms with van der Waals surface area (Å²) < 4.78 is 4.91. The van der Waals surface area contributed by atoms with E-state index in [1.807, 2.05) is 0 Å². The third kappa shape index (κ3) is 4.13. The molecule has 1 aliphatic carbocycles.